The molecule has 28 heavy (non-hydrogen) atoms. The van der Waals surface area contributed by atoms with Gasteiger partial charge in [-0.15, -0.1) is 11.3 Å². The number of aryl methyl sites for hydroxylation is 1. The zero-order valence-electron chi connectivity index (χ0n) is 15.8. The Morgan fingerprint density at radius 2 is 2.00 bits per heavy atom. The lowest BCUT2D eigenvalue weighted by molar-refractivity contribution is 0.284. The molecule has 0 aliphatic carbocycles. The molecule has 0 aliphatic rings. The molecule has 1 atom stereocenters. The second-order valence-electron chi connectivity index (χ2n) is 6.18. The molecule has 3 rings (SSSR count). The summed E-state index contributed by atoms with van der Waals surface area (Å²) in [5, 5.41) is 12.1. The predicted molar refractivity (Wildman–Crippen MR) is 111 cm³/mol. The molecular weight excluding hydrogens is 370 g/mol. The number of methoxy groups -OCH3 is 1. The van der Waals surface area contributed by atoms with Crippen molar-refractivity contribution in [3.8, 4) is 17.6 Å². The molecule has 0 fully saturated rings. The fourth-order valence-electron chi connectivity index (χ4n) is 2.60. The molecule has 6 heteroatoms. The highest BCUT2D eigenvalue weighted by Crippen LogP contribution is 2.29. The van der Waals surface area contributed by atoms with Crippen molar-refractivity contribution >= 4 is 17.6 Å². The Morgan fingerprint density at radius 3 is 2.68 bits per heavy atom. The molecule has 0 N–H and O–H groups in total. The summed E-state index contributed by atoms with van der Waals surface area (Å²) in [5.74, 6) is 0.928. The number of thiazole rings is 1. The maximum atomic E-state index is 9.35. The molecule has 0 spiro atoms. The molecule has 0 radical (unpaired) electrons. The molecule has 0 saturated heterocycles. The molecule has 3 aromatic rings. The molecule has 0 unspecified atom stereocenters. The number of benzene rings is 2. The number of hydrogen-bond donors (Lipinski definition) is 0. The van der Waals surface area contributed by atoms with Crippen molar-refractivity contribution in [2.75, 3.05) is 7.11 Å². The lowest BCUT2D eigenvalue weighted by Gasteiger charge is -2.12. The molecule has 0 aliphatic heterocycles. The van der Waals surface area contributed by atoms with E-state index in [-0.39, 0.29) is 0 Å². The Hall–Kier alpha value is -3.17. The molecule has 0 amide bonds. The maximum Gasteiger partial charge on any atom is 0.161 e. The summed E-state index contributed by atoms with van der Waals surface area (Å²) in [6, 6.07) is 18.0. The Balaban J connectivity index is 1.63. The lowest BCUT2D eigenvalue weighted by atomic mass is 10.2. The van der Waals surface area contributed by atoms with Gasteiger partial charge in [0, 0.05) is 17.3 Å². The van der Waals surface area contributed by atoms with Gasteiger partial charge in [0.25, 0.3) is 0 Å². The van der Waals surface area contributed by atoms with Gasteiger partial charge in [-0.25, -0.2) is 4.98 Å². The summed E-state index contributed by atoms with van der Waals surface area (Å²) < 4.78 is 11.3. The van der Waals surface area contributed by atoms with Crippen LogP contribution in [0, 0.1) is 18.3 Å². The van der Waals surface area contributed by atoms with Gasteiger partial charge in [0.2, 0.25) is 0 Å². The van der Waals surface area contributed by atoms with Crippen molar-refractivity contribution in [3.63, 3.8) is 0 Å². The van der Waals surface area contributed by atoms with Crippen LogP contribution in [-0.2, 0) is 13.2 Å². The molecular formula is C22H21N3O2S. The minimum atomic E-state index is -0.422. The third-order valence-electron chi connectivity index (χ3n) is 4.04. The molecule has 142 valence electrons. The van der Waals surface area contributed by atoms with Crippen LogP contribution in [0.1, 0.15) is 27.7 Å². The summed E-state index contributed by atoms with van der Waals surface area (Å²) in [7, 11) is 1.62. The highest BCUT2D eigenvalue weighted by Gasteiger charge is 2.11. The quantitative estimate of drug-likeness (QED) is 0.511. The molecule has 0 saturated carbocycles. The van der Waals surface area contributed by atoms with Crippen molar-refractivity contribution in [1.29, 1.82) is 5.26 Å². The lowest BCUT2D eigenvalue weighted by Crippen LogP contribution is -1.99. The van der Waals surface area contributed by atoms with Crippen LogP contribution in [0.25, 0.3) is 0 Å². The monoisotopic (exact) mass is 391 g/mol. The van der Waals surface area contributed by atoms with Crippen molar-refractivity contribution in [1.82, 2.24) is 4.98 Å². The van der Waals surface area contributed by atoms with Gasteiger partial charge in [-0.05, 0) is 30.2 Å². The average molecular weight is 391 g/mol. The third kappa shape index (κ3) is 5.18. The number of nitrogens with zero attached hydrogens (tertiary/aromatic N) is 3. The van der Waals surface area contributed by atoms with Gasteiger partial charge in [-0.1, -0.05) is 36.4 Å². The summed E-state index contributed by atoms with van der Waals surface area (Å²) in [6.45, 7) is 2.85. The summed E-state index contributed by atoms with van der Waals surface area (Å²) >= 11 is 1.48. The van der Waals surface area contributed by atoms with Gasteiger partial charge >= 0.3 is 0 Å². The molecule has 1 aromatic heterocycles. The van der Waals surface area contributed by atoms with Crippen LogP contribution in [0.5, 0.6) is 11.5 Å². The van der Waals surface area contributed by atoms with Crippen LogP contribution in [0.4, 0.5) is 0 Å². The van der Waals surface area contributed by atoms with E-state index in [1.165, 1.54) is 11.3 Å². The van der Waals surface area contributed by atoms with Crippen LogP contribution in [-0.4, -0.2) is 18.3 Å². The van der Waals surface area contributed by atoms with Gasteiger partial charge in [0.15, 0.2) is 11.5 Å². The molecule has 5 nitrogen and oxygen atoms in total. The molecule has 0 bridgehead atoms. The third-order valence-corrected chi connectivity index (χ3v) is 5.08. The van der Waals surface area contributed by atoms with Gasteiger partial charge in [0.1, 0.15) is 17.5 Å². The molecule has 2 aromatic carbocycles. The van der Waals surface area contributed by atoms with Crippen LogP contribution in [0.2, 0.25) is 0 Å². The number of aliphatic imine (C=N–C) groups is 1. The predicted octanol–water partition coefficient (Wildman–Crippen LogP) is 4.92. The molecule has 1 heterocycles. The first-order chi connectivity index (χ1) is 13.7. The topological polar surface area (TPSA) is 67.5 Å². The Morgan fingerprint density at radius 1 is 1.18 bits per heavy atom. The standard InChI is InChI=1S/C22H21N3O2S/c1-16-15-28-22(25-16)19(11-23)13-24-12-18-8-9-20(21(10-18)26-2)27-14-17-6-4-3-5-7-17/h3-10,13,15,19H,12,14H2,1-2H3/t19-/m1/s1. The first-order valence-corrected chi connectivity index (χ1v) is 9.73. The highest BCUT2D eigenvalue weighted by molar-refractivity contribution is 7.09. The van der Waals surface area contributed by atoms with E-state index in [0.29, 0.717) is 24.7 Å². The first kappa shape index (κ1) is 19.6. The number of ether oxygens (including phenoxy) is 2. The van der Waals surface area contributed by atoms with E-state index >= 15 is 0 Å². The van der Waals surface area contributed by atoms with Crippen molar-refractivity contribution in [2.24, 2.45) is 4.99 Å². The van der Waals surface area contributed by atoms with Gasteiger partial charge in [-0.3, -0.25) is 4.99 Å². The van der Waals surface area contributed by atoms with Crippen LogP contribution in [0.3, 0.4) is 0 Å². The Bertz CT molecular complexity index is 977. The van der Waals surface area contributed by atoms with Gasteiger partial charge < -0.3 is 9.47 Å². The fraction of sp³-hybridized carbons (Fsp3) is 0.227. The van der Waals surface area contributed by atoms with Crippen LogP contribution in [0.15, 0.2) is 58.9 Å². The first-order valence-electron chi connectivity index (χ1n) is 8.85. The van der Waals surface area contributed by atoms with E-state index in [1.807, 2.05) is 60.8 Å². The Kier molecular flexibility index (Phi) is 6.77. The van der Waals surface area contributed by atoms with Gasteiger partial charge in [0.05, 0.1) is 19.7 Å². The largest absolute Gasteiger partial charge is 0.493 e. The van der Waals surface area contributed by atoms with E-state index in [1.54, 1.807) is 13.3 Å². The summed E-state index contributed by atoms with van der Waals surface area (Å²) in [4.78, 5) is 8.78. The van der Waals surface area contributed by atoms with Gasteiger partial charge in [-0.2, -0.15) is 5.26 Å². The number of hydrogen-bond acceptors (Lipinski definition) is 6. The van der Waals surface area contributed by atoms with Crippen molar-refractivity contribution < 1.29 is 9.47 Å². The minimum Gasteiger partial charge on any atom is -0.493 e. The van der Waals surface area contributed by atoms with Crippen molar-refractivity contribution in [3.05, 3.63) is 75.7 Å². The number of rotatable bonds is 8. The zero-order chi connectivity index (χ0) is 19.8. The van der Waals surface area contributed by atoms with E-state index in [2.05, 4.69) is 16.0 Å². The van der Waals surface area contributed by atoms with Crippen LogP contribution < -0.4 is 9.47 Å². The normalized spacial score (nSPS) is 11.9. The van der Waals surface area contributed by atoms with E-state index in [4.69, 9.17) is 9.47 Å². The second-order valence-corrected chi connectivity index (χ2v) is 7.07. The van der Waals surface area contributed by atoms with Crippen molar-refractivity contribution in [2.45, 2.75) is 26.0 Å². The maximum absolute atomic E-state index is 9.35. The highest BCUT2D eigenvalue weighted by atomic mass is 32.1. The SMILES string of the molecule is COc1cc(CN=C[C@@H](C#N)c2nc(C)cs2)ccc1OCc1ccccc1. The second kappa shape index (κ2) is 9.67. The van der Waals surface area contributed by atoms with E-state index < -0.39 is 5.92 Å². The average Bonchev–Trinajstić information content (AvgIpc) is 3.16. The minimum absolute atomic E-state index is 0.422. The number of aromatic nitrogens is 1. The van der Waals surface area contributed by atoms with Crippen LogP contribution >= 0.6 is 11.3 Å². The smallest absolute Gasteiger partial charge is 0.161 e. The van der Waals surface area contributed by atoms with E-state index in [9.17, 15) is 5.26 Å². The van der Waals surface area contributed by atoms with E-state index in [0.717, 1.165) is 21.8 Å². The summed E-state index contributed by atoms with van der Waals surface area (Å²) in [6.07, 6.45) is 1.66. The fourth-order valence-corrected chi connectivity index (χ4v) is 3.40. The number of nitriles is 1. The summed E-state index contributed by atoms with van der Waals surface area (Å²) in [5.41, 5.74) is 3.00. The Labute approximate surface area is 168 Å². The zero-order valence-corrected chi connectivity index (χ0v) is 16.6.